The third-order valence-electron chi connectivity index (χ3n) is 4.62. The monoisotopic (exact) mass is 568 g/mol. The lowest BCUT2D eigenvalue weighted by Gasteiger charge is -2.06. The molecule has 16 heteroatoms. The molecule has 204 valence electrons. The lowest BCUT2D eigenvalue weighted by molar-refractivity contribution is -1.04. The quantitative estimate of drug-likeness (QED) is 0.207. The van der Waals surface area contributed by atoms with E-state index in [4.69, 9.17) is 24.0 Å². The van der Waals surface area contributed by atoms with Gasteiger partial charge in [-0.3, -0.25) is 0 Å². The van der Waals surface area contributed by atoms with Crippen LogP contribution in [0.2, 0.25) is 0 Å². The van der Waals surface area contributed by atoms with Crippen molar-refractivity contribution in [3.8, 4) is 11.8 Å². The van der Waals surface area contributed by atoms with Crippen molar-refractivity contribution in [1.29, 1.82) is 0 Å². The summed E-state index contributed by atoms with van der Waals surface area (Å²) in [7, 11) is -3.36. The number of aliphatic hydroxyl groups excluding tert-OH is 1. The van der Waals surface area contributed by atoms with Gasteiger partial charge in [-0.05, 0) is 39.2 Å². The normalized spacial score (nSPS) is 11.8. The first kappa shape index (κ1) is 28.7. The van der Waals surface area contributed by atoms with Gasteiger partial charge in [0.05, 0.1) is 4.90 Å². The number of hydrogen-bond acceptors (Lipinski definition) is 13. The fraction of sp³-hybridized carbons (Fsp3) is 0.273. The highest BCUT2D eigenvalue weighted by atomic mass is 32.2. The minimum atomic E-state index is -4.01. The molecule has 4 aromatic rings. The first-order valence-corrected chi connectivity index (χ1v) is 13.6. The van der Waals surface area contributed by atoms with Gasteiger partial charge in [-0.1, -0.05) is 36.4 Å². The van der Waals surface area contributed by atoms with Crippen LogP contribution >= 0.6 is 0 Å². The Hall–Kier alpha value is -3.86. The summed E-state index contributed by atoms with van der Waals surface area (Å²) in [5, 5.41) is 20.8. The second kappa shape index (κ2) is 14.2. The Morgan fingerprint density at radius 3 is 2.16 bits per heavy atom. The fourth-order valence-electron chi connectivity index (χ4n) is 2.95. The Bertz CT molecular complexity index is 1400. The number of aromatic nitrogens is 4. The molecule has 0 fully saturated rings. The number of hydrogen-bond donors (Lipinski definition) is 2. The number of aliphatic hydroxyl groups is 1. The number of nitrogens with one attached hydrogen (secondary N) is 1. The number of benzene rings is 2. The Balaban J connectivity index is 0.00000195. The van der Waals surface area contributed by atoms with E-state index in [0.717, 1.165) is 7.11 Å². The summed E-state index contributed by atoms with van der Waals surface area (Å²) < 4.78 is 59.2. The van der Waals surface area contributed by atoms with Gasteiger partial charge in [0.15, 0.2) is 4.90 Å². The third-order valence-corrected chi connectivity index (χ3v) is 7.65. The molecule has 0 spiro atoms. The lowest BCUT2D eigenvalue weighted by Crippen LogP contribution is -2.43. The number of rotatable bonds is 13. The van der Waals surface area contributed by atoms with Gasteiger partial charge in [0, 0.05) is 25.1 Å². The highest BCUT2D eigenvalue weighted by Crippen LogP contribution is 2.25. The molecule has 0 amide bonds. The molecule has 2 aromatic heterocycles. The molecule has 38 heavy (non-hydrogen) atoms. The second-order valence-corrected chi connectivity index (χ2v) is 10.2. The molecule has 0 aliphatic heterocycles. The van der Waals surface area contributed by atoms with Crippen molar-refractivity contribution in [2.24, 2.45) is 0 Å². The third kappa shape index (κ3) is 6.91. The minimum absolute atomic E-state index is 0.0361. The molecule has 1 atom stereocenters. The summed E-state index contributed by atoms with van der Waals surface area (Å²) in [6, 6.07) is 16.5. The van der Waals surface area contributed by atoms with Gasteiger partial charge in [-0.15, -0.1) is 0 Å². The van der Waals surface area contributed by atoms with Gasteiger partial charge in [0.1, 0.15) is 31.1 Å². The zero-order valence-corrected chi connectivity index (χ0v) is 22.1. The summed E-state index contributed by atoms with van der Waals surface area (Å²) in [6.45, 7) is 0.949. The fourth-order valence-corrected chi connectivity index (χ4v) is 5.30. The van der Waals surface area contributed by atoms with Crippen LogP contribution in [0.25, 0.3) is 0 Å². The predicted octanol–water partition coefficient (Wildman–Crippen LogP) is 0.0589. The van der Waals surface area contributed by atoms with E-state index in [1.165, 1.54) is 19.2 Å². The molecule has 2 N–H and O–H groups in total. The maximum atomic E-state index is 13.0. The average molecular weight is 569 g/mol. The van der Waals surface area contributed by atoms with Gasteiger partial charge < -0.3 is 24.7 Å². The zero-order valence-electron chi connectivity index (χ0n) is 20.4. The lowest BCUT2D eigenvalue weighted by atomic mass is 10.4. The Labute approximate surface area is 220 Å². The van der Waals surface area contributed by atoms with Crippen molar-refractivity contribution in [3.63, 3.8) is 0 Å². The predicted molar refractivity (Wildman–Crippen MR) is 129 cm³/mol. The summed E-state index contributed by atoms with van der Waals surface area (Å²) in [4.78, 5) is 6.19. The van der Waals surface area contributed by atoms with Crippen LogP contribution in [0.4, 0.5) is 0 Å². The molecule has 0 aliphatic carbocycles. The second-order valence-electron chi connectivity index (χ2n) is 6.94. The number of nitrogens with zero attached hydrogens (tertiary/aromatic N) is 4. The molecule has 0 saturated carbocycles. The van der Waals surface area contributed by atoms with E-state index in [1.807, 2.05) is 6.07 Å². The van der Waals surface area contributed by atoms with E-state index in [1.54, 1.807) is 42.5 Å². The molecule has 0 saturated heterocycles. The largest absolute Gasteiger partial charge is 0.472 e. The van der Waals surface area contributed by atoms with Crippen LogP contribution in [-0.2, 0) is 20.6 Å². The van der Waals surface area contributed by atoms with E-state index in [0.29, 0.717) is 22.9 Å². The molecule has 1 unspecified atom stereocenters. The minimum Gasteiger partial charge on any atom is -0.472 e. The molecule has 0 aliphatic rings. The SMILES string of the molecule is CO.CO[n+]1onc(OCCNCCOc2nonc2S(=O)c2ccccc2)c1S(=O)(=O)c1ccccc1. The smallest absolute Gasteiger partial charge is 0.445 e. The van der Waals surface area contributed by atoms with E-state index >= 15 is 0 Å². The molecular formula is C22H26N5O9S2+. The summed E-state index contributed by atoms with van der Waals surface area (Å²) in [5.41, 5.74) is 0. The van der Waals surface area contributed by atoms with Gasteiger partial charge in [-0.2, -0.15) is 0 Å². The molecular weight excluding hydrogens is 542 g/mol. The molecule has 0 radical (unpaired) electrons. The molecule has 0 bridgehead atoms. The standard InChI is InChI=1S/C21H22N5O8S2.CH4O/c1-30-26-21(36(28,29)17-10-6-3-7-11-17)19(24-34-26)32-15-13-22-12-14-31-18-20(25-33-23-18)35(27)16-8-4-2-5-9-16;1-2/h2-11,22H,12-15H2,1H3;2H,1H3/q+1;. The Morgan fingerprint density at radius 1 is 0.921 bits per heavy atom. The van der Waals surface area contributed by atoms with Gasteiger partial charge >= 0.3 is 10.9 Å². The Kier molecular flexibility index (Phi) is 10.7. The first-order valence-electron chi connectivity index (χ1n) is 11.0. The summed E-state index contributed by atoms with van der Waals surface area (Å²) >= 11 is 0. The topological polar surface area (TPSA) is 180 Å². The van der Waals surface area contributed by atoms with Crippen molar-refractivity contribution < 1.29 is 46.2 Å². The molecule has 4 rings (SSSR count). The van der Waals surface area contributed by atoms with Gasteiger partial charge in [-0.25, -0.2) is 17.3 Å². The van der Waals surface area contributed by atoms with Crippen molar-refractivity contribution in [3.05, 3.63) is 60.7 Å². The van der Waals surface area contributed by atoms with E-state index in [2.05, 4.69) is 25.4 Å². The number of ether oxygens (including phenoxy) is 2. The van der Waals surface area contributed by atoms with Crippen LogP contribution in [0.15, 0.2) is 89.8 Å². The van der Waals surface area contributed by atoms with Crippen molar-refractivity contribution in [1.82, 2.24) is 20.8 Å². The van der Waals surface area contributed by atoms with Crippen LogP contribution in [0.1, 0.15) is 0 Å². The van der Waals surface area contributed by atoms with E-state index in [9.17, 15) is 12.6 Å². The molecule has 14 nitrogen and oxygen atoms in total. The van der Waals surface area contributed by atoms with Crippen molar-refractivity contribution in [2.75, 3.05) is 40.5 Å². The van der Waals surface area contributed by atoms with Crippen LogP contribution < -0.4 is 24.5 Å². The first-order chi connectivity index (χ1) is 18.5. The highest BCUT2D eigenvalue weighted by Gasteiger charge is 2.40. The van der Waals surface area contributed by atoms with Crippen LogP contribution in [0.5, 0.6) is 11.8 Å². The zero-order chi connectivity index (χ0) is 27.4. The van der Waals surface area contributed by atoms with Crippen LogP contribution in [0, 0.1) is 0 Å². The molecule has 2 heterocycles. The number of sulfone groups is 1. The maximum Gasteiger partial charge on any atom is 0.445 e. The highest BCUT2D eigenvalue weighted by molar-refractivity contribution is 7.91. The van der Waals surface area contributed by atoms with Crippen molar-refractivity contribution in [2.45, 2.75) is 19.8 Å². The summed E-state index contributed by atoms with van der Waals surface area (Å²) in [5.74, 6) is -0.196. The van der Waals surface area contributed by atoms with Gasteiger partial charge in [0.2, 0.25) is 10.2 Å². The molecule has 2 aromatic carbocycles. The van der Waals surface area contributed by atoms with E-state index in [-0.39, 0.29) is 39.9 Å². The van der Waals surface area contributed by atoms with Crippen LogP contribution in [0.3, 0.4) is 0 Å². The maximum absolute atomic E-state index is 13.0. The van der Waals surface area contributed by atoms with Crippen LogP contribution in [-0.4, -0.2) is 73.7 Å². The van der Waals surface area contributed by atoms with E-state index < -0.39 is 20.6 Å². The average Bonchev–Trinajstić information content (AvgIpc) is 3.61. The summed E-state index contributed by atoms with van der Waals surface area (Å²) in [6.07, 6.45) is 0. The Morgan fingerprint density at radius 2 is 1.53 bits per heavy atom. The van der Waals surface area contributed by atoms with Gasteiger partial charge in [0.25, 0.3) is 15.7 Å². The van der Waals surface area contributed by atoms with Crippen molar-refractivity contribution >= 4 is 20.6 Å².